The van der Waals surface area contributed by atoms with Gasteiger partial charge in [-0.05, 0) is 37.1 Å². The Labute approximate surface area is 112 Å². The third-order valence-corrected chi connectivity index (χ3v) is 3.34. The second-order valence-corrected chi connectivity index (χ2v) is 4.44. The van der Waals surface area contributed by atoms with E-state index in [0.717, 1.165) is 22.3 Å². The van der Waals surface area contributed by atoms with Crippen LogP contribution in [0.15, 0.2) is 36.4 Å². The first kappa shape index (κ1) is 13.1. The molecule has 2 rings (SSSR count). The van der Waals surface area contributed by atoms with Crippen molar-refractivity contribution in [1.82, 2.24) is 0 Å². The van der Waals surface area contributed by atoms with Crippen LogP contribution in [-0.4, -0.2) is 18.2 Å². The van der Waals surface area contributed by atoms with Crippen molar-refractivity contribution in [2.45, 2.75) is 13.8 Å². The normalized spacial score (nSPS) is 10.3. The smallest absolute Gasteiger partial charge is 0.336 e. The summed E-state index contributed by atoms with van der Waals surface area (Å²) in [5.74, 6) is -0.247. The van der Waals surface area contributed by atoms with Crippen molar-refractivity contribution >= 4 is 5.97 Å². The predicted molar refractivity (Wildman–Crippen MR) is 74.9 cm³/mol. The van der Waals surface area contributed by atoms with Crippen LogP contribution >= 0.6 is 0 Å². The Hall–Kier alpha value is -2.29. The Morgan fingerprint density at radius 2 is 1.79 bits per heavy atom. The summed E-state index contributed by atoms with van der Waals surface area (Å²) in [5.41, 5.74) is 3.86. The molecule has 0 amide bonds. The molecule has 2 aromatic carbocycles. The summed E-state index contributed by atoms with van der Waals surface area (Å²) in [6.45, 7) is 3.91. The van der Waals surface area contributed by atoms with E-state index in [1.807, 2.05) is 44.2 Å². The largest absolute Gasteiger partial charge is 0.496 e. The van der Waals surface area contributed by atoms with Gasteiger partial charge in [-0.3, -0.25) is 0 Å². The Morgan fingerprint density at radius 1 is 1.11 bits per heavy atom. The summed E-state index contributed by atoms with van der Waals surface area (Å²) >= 11 is 0. The van der Waals surface area contributed by atoms with Gasteiger partial charge in [0.05, 0.1) is 12.7 Å². The standard InChI is InChI=1S/C16H16O3/c1-10-8-9-13(16(17)18)15(11(10)2)12-6-4-5-7-14(12)19-3/h4-9H,1-3H3,(H,17,18). The Balaban J connectivity index is 2.80. The Morgan fingerprint density at radius 3 is 2.42 bits per heavy atom. The number of methoxy groups -OCH3 is 1. The molecule has 2 aromatic rings. The van der Waals surface area contributed by atoms with Gasteiger partial charge in [0.2, 0.25) is 0 Å². The average Bonchev–Trinajstić information content (AvgIpc) is 2.41. The van der Waals surface area contributed by atoms with Gasteiger partial charge in [0.25, 0.3) is 0 Å². The maximum Gasteiger partial charge on any atom is 0.336 e. The molecule has 0 unspecified atom stereocenters. The fourth-order valence-electron chi connectivity index (χ4n) is 2.19. The van der Waals surface area contributed by atoms with Crippen LogP contribution in [0.3, 0.4) is 0 Å². The van der Waals surface area contributed by atoms with E-state index < -0.39 is 5.97 Å². The number of benzene rings is 2. The van der Waals surface area contributed by atoms with Crippen LogP contribution in [0, 0.1) is 13.8 Å². The monoisotopic (exact) mass is 256 g/mol. The number of rotatable bonds is 3. The number of hydrogen-bond acceptors (Lipinski definition) is 2. The number of ether oxygens (including phenoxy) is 1. The summed E-state index contributed by atoms with van der Waals surface area (Å²) in [4.78, 5) is 11.4. The van der Waals surface area contributed by atoms with E-state index in [4.69, 9.17) is 4.74 Å². The highest BCUT2D eigenvalue weighted by atomic mass is 16.5. The van der Waals surface area contributed by atoms with Crippen LogP contribution < -0.4 is 4.74 Å². The van der Waals surface area contributed by atoms with E-state index >= 15 is 0 Å². The summed E-state index contributed by atoms with van der Waals surface area (Å²) < 4.78 is 5.34. The third kappa shape index (κ3) is 2.32. The van der Waals surface area contributed by atoms with Crippen LogP contribution in [-0.2, 0) is 0 Å². The van der Waals surface area contributed by atoms with Crippen LogP contribution in [0.1, 0.15) is 21.5 Å². The van der Waals surface area contributed by atoms with Crippen molar-refractivity contribution < 1.29 is 14.6 Å². The second kappa shape index (κ2) is 5.14. The molecule has 98 valence electrons. The molecule has 0 saturated carbocycles. The van der Waals surface area contributed by atoms with Crippen molar-refractivity contribution in [3.63, 3.8) is 0 Å². The molecule has 0 aliphatic heterocycles. The SMILES string of the molecule is COc1ccccc1-c1c(C(=O)O)ccc(C)c1C. The quantitative estimate of drug-likeness (QED) is 0.911. The lowest BCUT2D eigenvalue weighted by Gasteiger charge is -2.15. The number of carboxylic acids is 1. The van der Waals surface area contributed by atoms with Crippen molar-refractivity contribution in [3.8, 4) is 16.9 Å². The van der Waals surface area contributed by atoms with E-state index in [9.17, 15) is 9.90 Å². The molecular weight excluding hydrogens is 240 g/mol. The van der Waals surface area contributed by atoms with Gasteiger partial charge in [-0.25, -0.2) is 4.79 Å². The number of carboxylic acid groups (broad SMARTS) is 1. The van der Waals surface area contributed by atoms with Gasteiger partial charge in [0.1, 0.15) is 5.75 Å². The van der Waals surface area contributed by atoms with Gasteiger partial charge in [0, 0.05) is 11.1 Å². The molecule has 0 heterocycles. The maximum absolute atomic E-state index is 11.4. The zero-order chi connectivity index (χ0) is 14.0. The van der Waals surface area contributed by atoms with Gasteiger partial charge in [-0.1, -0.05) is 24.3 Å². The molecule has 19 heavy (non-hydrogen) atoms. The second-order valence-electron chi connectivity index (χ2n) is 4.44. The summed E-state index contributed by atoms with van der Waals surface area (Å²) in [6, 6.07) is 10.9. The molecule has 0 bridgehead atoms. The van der Waals surface area contributed by atoms with E-state index in [1.165, 1.54) is 0 Å². The van der Waals surface area contributed by atoms with Crippen molar-refractivity contribution in [3.05, 3.63) is 53.1 Å². The molecule has 0 atom stereocenters. The van der Waals surface area contributed by atoms with E-state index in [2.05, 4.69) is 0 Å². The van der Waals surface area contributed by atoms with Crippen molar-refractivity contribution in [2.75, 3.05) is 7.11 Å². The van der Waals surface area contributed by atoms with E-state index in [0.29, 0.717) is 11.3 Å². The molecule has 3 nitrogen and oxygen atoms in total. The van der Waals surface area contributed by atoms with Gasteiger partial charge in [0.15, 0.2) is 0 Å². The number of aryl methyl sites for hydroxylation is 1. The first-order valence-corrected chi connectivity index (χ1v) is 6.03. The minimum Gasteiger partial charge on any atom is -0.496 e. The van der Waals surface area contributed by atoms with Crippen molar-refractivity contribution in [1.29, 1.82) is 0 Å². The molecule has 0 aromatic heterocycles. The minimum atomic E-state index is -0.927. The molecule has 3 heteroatoms. The van der Waals surface area contributed by atoms with Crippen LogP contribution in [0.25, 0.3) is 11.1 Å². The first-order valence-electron chi connectivity index (χ1n) is 6.03. The zero-order valence-corrected chi connectivity index (χ0v) is 11.2. The van der Waals surface area contributed by atoms with Gasteiger partial charge >= 0.3 is 5.97 Å². The molecule has 0 spiro atoms. The molecule has 0 saturated heterocycles. The Kier molecular flexibility index (Phi) is 3.56. The highest BCUT2D eigenvalue weighted by molar-refractivity contribution is 5.98. The fraction of sp³-hybridized carbons (Fsp3) is 0.188. The molecule has 0 aliphatic carbocycles. The lowest BCUT2D eigenvalue weighted by molar-refractivity contribution is 0.0697. The predicted octanol–water partition coefficient (Wildman–Crippen LogP) is 3.68. The number of aromatic carboxylic acids is 1. The summed E-state index contributed by atoms with van der Waals surface area (Å²) in [7, 11) is 1.59. The first-order chi connectivity index (χ1) is 9.06. The minimum absolute atomic E-state index is 0.299. The van der Waals surface area contributed by atoms with Gasteiger partial charge in [-0.15, -0.1) is 0 Å². The highest BCUT2D eigenvalue weighted by Crippen LogP contribution is 2.35. The average molecular weight is 256 g/mol. The van der Waals surface area contributed by atoms with Crippen LogP contribution in [0.4, 0.5) is 0 Å². The molecule has 0 fully saturated rings. The molecular formula is C16H16O3. The lowest BCUT2D eigenvalue weighted by atomic mass is 9.91. The van der Waals surface area contributed by atoms with Gasteiger partial charge < -0.3 is 9.84 Å². The maximum atomic E-state index is 11.4. The fourth-order valence-corrected chi connectivity index (χ4v) is 2.19. The lowest BCUT2D eigenvalue weighted by Crippen LogP contribution is -2.03. The third-order valence-electron chi connectivity index (χ3n) is 3.34. The molecule has 0 radical (unpaired) electrons. The van der Waals surface area contributed by atoms with Crippen molar-refractivity contribution in [2.24, 2.45) is 0 Å². The number of hydrogen-bond donors (Lipinski definition) is 1. The topological polar surface area (TPSA) is 46.5 Å². The zero-order valence-electron chi connectivity index (χ0n) is 11.2. The van der Waals surface area contributed by atoms with Crippen LogP contribution in [0.2, 0.25) is 0 Å². The molecule has 1 N–H and O–H groups in total. The highest BCUT2D eigenvalue weighted by Gasteiger charge is 2.18. The van der Waals surface area contributed by atoms with E-state index in [1.54, 1.807) is 13.2 Å². The van der Waals surface area contributed by atoms with Gasteiger partial charge in [-0.2, -0.15) is 0 Å². The summed E-state index contributed by atoms with van der Waals surface area (Å²) in [6.07, 6.45) is 0. The van der Waals surface area contributed by atoms with Crippen LogP contribution in [0.5, 0.6) is 5.75 Å². The number of para-hydroxylation sites is 1. The number of carbonyl (C=O) groups is 1. The summed E-state index contributed by atoms with van der Waals surface area (Å²) in [5, 5.41) is 9.37. The Bertz CT molecular complexity index is 630. The van der Waals surface area contributed by atoms with E-state index in [-0.39, 0.29) is 0 Å². The molecule has 0 aliphatic rings.